The largest absolute Gasteiger partial charge is 0.351 e. The zero-order valence-corrected chi connectivity index (χ0v) is 17.3. The molecule has 0 bridgehead atoms. The van der Waals surface area contributed by atoms with Gasteiger partial charge in [-0.25, -0.2) is 4.98 Å². The van der Waals surface area contributed by atoms with Gasteiger partial charge in [-0.05, 0) is 73.4 Å². The van der Waals surface area contributed by atoms with Crippen LogP contribution in [0.25, 0.3) is 5.65 Å². The van der Waals surface area contributed by atoms with Gasteiger partial charge in [0.1, 0.15) is 11.3 Å². The molecule has 0 aliphatic heterocycles. The van der Waals surface area contributed by atoms with E-state index in [-0.39, 0.29) is 5.91 Å². The number of nitrogens with one attached hydrogen (secondary N) is 1. The van der Waals surface area contributed by atoms with Gasteiger partial charge in [-0.1, -0.05) is 20.8 Å². The summed E-state index contributed by atoms with van der Waals surface area (Å²) >= 11 is 3.51. The van der Waals surface area contributed by atoms with E-state index in [2.05, 4.69) is 45.0 Å². The normalized spacial score (nSPS) is 11.4. The molecule has 6 heteroatoms. The molecule has 2 heterocycles. The maximum absolute atomic E-state index is 12.7. The van der Waals surface area contributed by atoms with Crippen molar-refractivity contribution >= 4 is 27.5 Å². The number of amides is 1. The van der Waals surface area contributed by atoms with Crippen LogP contribution in [0.5, 0.6) is 0 Å². The molecule has 0 saturated heterocycles. The summed E-state index contributed by atoms with van der Waals surface area (Å²) in [7, 11) is 0. The van der Waals surface area contributed by atoms with E-state index in [9.17, 15) is 4.79 Å². The molecule has 0 aliphatic carbocycles. The minimum atomic E-state index is -0.0373. The number of imidazole rings is 1. The molecule has 2 rings (SSSR count). The molecular weight excluding hydrogens is 380 g/mol. The number of fused-ring (bicyclic) bond motifs is 1. The predicted octanol–water partition coefficient (Wildman–Crippen LogP) is 3.82. The number of hydrogen-bond donors (Lipinski definition) is 1. The van der Waals surface area contributed by atoms with Gasteiger partial charge in [0, 0.05) is 17.2 Å². The highest BCUT2D eigenvalue weighted by Crippen LogP contribution is 2.21. The van der Waals surface area contributed by atoms with Gasteiger partial charge in [0.15, 0.2) is 0 Å². The van der Waals surface area contributed by atoms with Gasteiger partial charge in [-0.2, -0.15) is 0 Å². The SMILES string of the molecule is CCc1nc2c(C)cc(Br)cn2c1C(=O)NCCCCN(CC)CC. The van der Waals surface area contributed by atoms with Crippen LogP contribution in [0.3, 0.4) is 0 Å². The first-order valence-electron chi connectivity index (χ1n) is 9.19. The number of nitrogens with zero attached hydrogens (tertiary/aromatic N) is 3. The van der Waals surface area contributed by atoms with Gasteiger partial charge < -0.3 is 10.2 Å². The lowest BCUT2D eigenvalue weighted by Gasteiger charge is -2.17. The summed E-state index contributed by atoms with van der Waals surface area (Å²) in [6.07, 6.45) is 4.75. The third-order valence-corrected chi connectivity index (χ3v) is 5.01. The van der Waals surface area contributed by atoms with E-state index in [1.54, 1.807) is 0 Å². The average Bonchev–Trinajstić information content (AvgIpc) is 2.96. The smallest absolute Gasteiger partial charge is 0.270 e. The van der Waals surface area contributed by atoms with E-state index in [1.807, 2.05) is 30.5 Å². The van der Waals surface area contributed by atoms with Crippen molar-refractivity contribution in [2.45, 2.75) is 47.0 Å². The van der Waals surface area contributed by atoms with Gasteiger partial charge in [0.25, 0.3) is 5.91 Å². The van der Waals surface area contributed by atoms with Crippen molar-refractivity contribution in [3.8, 4) is 0 Å². The molecule has 2 aromatic rings. The Morgan fingerprint density at radius 3 is 2.64 bits per heavy atom. The van der Waals surface area contributed by atoms with Crippen LogP contribution in [0.1, 0.15) is 55.4 Å². The Morgan fingerprint density at radius 1 is 1.28 bits per heavy atom. The Morgan fingerprint density at radius 2 is 2.00 bits per heavy atom. The minimum Gasteiger partial charge on any atom is -0.351 e. The van der Waals surface area contributed by atoms with Crippen molar-refractivity contribution < 1.29 is 4.79 Å². The molecule has 0 aliphatic rings. The molecule has 2 aromatic heterocycles. The maximum atomic E-state index is 12.7. The molecule has 0 atom stereocenters. The number of halogens is 1. The lowest BCUT2D eigenvalue weighted by molar-refractivity contribution is 0.0945. The van der Waals surface area contributed by atoms with Crippen LogP contribution >= 0.6 is 15.9 Å². The fourth-order valence-corrected chi connectivity index (χ4v) is 3.64. The van der Waals surface area contributed by atoms with Crippen LogP contribution in [0, 0.1) is 6.92 Å². The predicted molar refractivity (Wildman–Crippen MR) is 106 cm³/mol. The highest BCUT2D eigenvalue weighted by atomic mass is 79.9. The summed E-state index contributed by atoms with van der Waals surface area (Å²) < 4.78 is 2.86. The summed E-state index contributed by atoms with van der Waals surface area (Å²) in [5, 5.41) is 3.07. The number of carbonyl (C=O) groups excluding carboxylic acids is 1. The fourth-order valence-electron chi connectivity index (χ4n) is 3.09. The quantitative estimate of drug-likeness (QED) is 0.641. The Hall–Kier alpha value is -1.40. The third-order valence-electron chi connectivity index (χ3n) is 4.57. The van der Waals surface area contributed by atoms with Gasteiger partial charge in [0.2, 0.25) is 0 Å². The first-order chi connectivity index (χ1) is 12.0. The molecule has 0 unspecified atom stereocenters. The van der Waals surface area contributed by atoms with Crippen LogP contribution < -0.4 is 5.32 Å². The van der Waals surface area contributed by atoms with Crippen molar-refractivity contribution in [3.05, 3.63) is 33.7 Å². The highest BCUT2D eigenvalue weighted by molar-refractivity contribution is 9.10. The monoisotopic (exact) mass is 408 g/mol. The lowest BCUT2D eigenvalue weighted by Crippen LogP contribution is -2.28. The molecule has 0 radical (unpaired) electrons. The second-order valence-electron chi connectivity index (χ2n) is 6.29. The van der Waals surface area contributed by atoms with Gasteiger partial charge in [0.05, 0.1) is 5.69 Å². The molecular formula is C19H29BrN4O. The van der Waals surface area contributed by atoms with Gasteiger partial charge in [-0.3, -0.25) is 9.20 Å². The number of rotatable bonds is 9. The third kappa shape index (κ3) is 4.82. The molecule has 138 valence electrons. The number of hydrogen-bond acceptors (Lipinski definition) is 3. The van der Waals surface area contributed by atoms with E-state index in [0.29, 0.717) is 12.2 Å². The topological polar surface area (TPSA) is 49.6 Å². The molecule has 0 spiro atoms. The summed E-state index contributed by atoms with van der Waals surface area (Å²) in [5.41, 5.74) is 3.42. The molecule has 0 fully saturated rings. The average molecular weight is 409 g/mol. The van der Waals surface area contributed by atoms with E-state index in [4.69, 9.17) is 0 Å². The molecule has 0 saturated carbocycles. The standard InChI is InChI=1S/C19H29BrN4O/c1-5-16-17(24-13-15(20)12-14(4)18(24)22-16)19(25)21-10-8-9-11-23(6-2)7-3/h12-13H,5-11H2,1-4H3,(H,21,25). The number of aryl methyl sites for hydroxylation is 2. The van der Waals surface area contributed by atoms with Crippen molar-refractivity contribution in [2.24, 2.45) is 0 Å². The summed E-state index contributed by atoms with van der Waals surface area (Å²) in [6.45, 7) is 12.4. The molecule has 25 heavy (non-hydrogen) atoms. The van der Waals surface area contributed by atoms with E-state index in [0.717, 1.165) is 60.3 Å². The second-order valence-corrected chi connectivity index (χ2v) is 7.20. The molecule has 1 amide bonds. The van der Waals surface area contributed by atoms with Crippen LogP contribution in [-0.4, -0.2) is 46.4 Å². The Balaban J connectivity index is 2.04. The molecule has 0 aromatic carbocycles. The summed E-state index contributed by atoms with van der Waals surface area (Å²) in [4.78, 5) is 19.8. The van der Waals surface area contributed by atoms with Gasteiger partial charge in [-0.15, -0.1) is 0 Å². The highest BCUT2D eigenvalue weighted by Gasteiger charge is 2.19. The molecule has 1 N–H and O–H groups in total. The van der Waals surface area contributed by atoms with Gasteiger partial charge >= 0.3 is 0 Å². The number of carbonyl (C=O) groups is 1. The van der Waals surface area contributed by atoms with Crippen LogP contribution in [-0.2, 0) is 6.42 Å². The van der Waals surface area contributed by atoms with Crippen molar-refractivity contribution in [3.63, 3.8) is 0 Å². The number of aromatic nitrogens is 2. The summed E-state index contributed by atoms with van der Waals surface area (Å²) in [6, 6.07) is 2.02. The number of unbranched alkanes of at least 4 members (excludes halogenated alkanes) is 1. The van der Waals surface area contributed by atoms with E-state index >= 15 is 0 Å². The maximum Gasteiger partial charge on any atom is 0.270 e. The Bertz CT molecular complexity index is 722. The second kappa shape index (κ2) is 9.34. The first-order valence-corrected chi connectivity index (χ1v) is 9.98. The zero-order chi connectivity index (χ0) is 18.4. The van der Waals surface area contributed by atoms with Crippen molar-refractivity contribution in [1.29, 1.82) is 0 Å². The van der Waals surface area contributed by atoms with Crippen molar-refractivity contribution in [2.75, 3.05) is 26.2 Å². The minimum absolute atomic E-state index is 0.0373. The molecule has 5 nitrogen and oxygen atoms in total. The first kappa shape index (κ1) is 19.9. The fraction of sp³-hybridized carbons (Fsp3) is 0.579. The zero-order valence-electron chi connectivity index (χ0n) is 15.7. The number of pyridine rings is 1. The van der Waals surface area contributed by atoms with Crippen LogP contribution in [0.2, 0.25) is 0 Å². The Kier molecular flexibility index (Phi) is 7.44. The van der Waals surface area contributed by atoms with Crippen LogP contribution in [0.4, 0.5) is 0 Å². The lowest BCUT2D eigenvalue weighted by atomic mass is 10.2. The summed E-state index contributed by atoms with van der Waals surface area (Å²) in [5.74, 6) is -0.0373. The van der Waals surface area contributed by atoms with Crippen LogP contribution in [0.15, 0.2) is 16.7 Å². The van der Waals surface area contributed by atoms with E-state index in [1.165, 1.54) is 0 Å². The van der Waals surface area contributed by atoms with Crippen molar-refractivity contribution in [1.82, 2.24) is 19.6 Å². The van der Waals surface area contributed by atoms with E-state index < -0.39 is 0 Å². The Labute approximate surface area is 158 Å².